The van der Waals surface area contributed by atoms with Crippen molar-refractivity contribution in [1.82, 2.24) is 19.3 Å². The highest BCUT2D eigenvalue weighted by atomic mass is 35.5. The van der Waals surface area contributed by atoms with Crippen molar-refractivity contribution >= 4 is 22.8 Å². The van der Waals surface area contributed by atoms with Crippen molar-refractivity contribution in [3.63, 3.8) is 0 Å². The lowest BCUT2D eigenvalue weighted by Crippen LogP contribution is -2.14. The number of imidazole rings is 1. The SMILES string of the molecule is CCCc1nn(C)c2c1nc(CCCl)n2CCOC(C)C. The molecule has 0 fully saturated rings. The molecule has 2 aromatic rings. The third-order valence-corrected chi connectivity index (χ3v) is 3.63. The summed E-state index contributed by atoms with van der Waals surface area (Å²) in [6.07, 6.45) is 3.03. The first-order valence-electron chi connectivity index (χ1n) is 7.67. The van der Waals surface area contributed by atoms with Crippen molar-refractivity contribution in [2.45, 2.75) is 52.7 Å². The van der Waals surface area contributed by atoms with Gasteiger partial charge in [0.1, 0.15) is 11.3 Å². The minimum Gasteiger partial charge on any atom is -0.377 e. The van der Waals surface area contributed by atoms with Crippen LogP contribution in [0.5, 0.6) is 0 Å². The smallest absolute Gasteiger partial charge is 0.158 e. The van der Waals surface area contributed by atoms with Crippen LogP contribution in [-0.4, -0.2) is 37.9 Å². The number of aromatic nitrogens is 4. The first kappa shape index (κ1) is 16.3. The fourth-order valence-electron chi connectivity index (χ4n) is 2.58. The Labute approximate surface area is 131 Å². The van der Waals surface area contributed by atoms with Crippen LogP contribution in [0.25, 0.3) is 11.2 Å². The number of hydrogen-bond donors (Lipinski definition) is 0. The second-order valence-corrected chi connectivity index (χ2v) is 5.91. The summed E-state index contributed by atoms with van der Waals surface area (Å²) in [7, 11) is 1.98. The number of rotatable bonds is 8. The normalized spacial score (nSPS) is 11.9. The van der Waals surface area contributed by atoms with Crippen molar-refractivity contribution in [3.05, 3.63) is 11.5 Å². The van der Waals surface area contributed by atoms with Crippen LogP contribution in [-0.2, 0) is 31.2 Å². The fraction of sp³-hybridized carbons (Fsp3) is 0.733. The molecule has 0 spiro atoms. The van der Waals surface area contributed by atoms with Gasteiger partial charge in [-0.25, -0.2) is 4.98 Å². The highest BCUT2D eigenvalue weighted by Crippen LogP contribution is 2.21. The molecule has 0 radical (unpaired) electrons. The van der Waals surface area contributed by atoms with Crippen LogP contribution in [0.2, 0.25) is 0 Å². The van der Waals surface area contributed by atoms with Gasteiger partial charge in [-0.2, -0.15) is 5.10 Å². The minimum atomic E-state index is 0.239. The van der Waals surface area contributed by atoms with E-state index in [-0.39, 0.29) is 6.10 Å². The number of alkyl halides is 1. The predicted molar refractivity (Wildman–Crippen MR) is 86.0 cm³/mol. The molecule has 118 valence electrons. The highest BCUT2D eigenvalue weighted by Gasteiger charge is 2.18. The summed E-state index contributed by atoms with van der Waals surface area (Å²) in [6, 6.07) is 0. The van der Waals surface area contributed by atoms with Gasteiger partial charge in [-0.05, 0) is 20.3 Å². The van der Waals surface area contributed by atoms with E-state index in [9.17, 15) is 0 Å². The number of fused-ring (bicyclic) bond motifs is 1. The highest BCUT2D eigenvalue weighted by molar-refractivity contribution is 6.17. The molecule has 6 heteroatoms. The zero-order chi connectivity index (χ0) is 15.4. The van der Waals surface area contributed by atoms with E-state index in [1.54, 1.807) is 0 Å². The number of nitrogens with zero attached hydrogens (tertiary/aromatic N) is 4. The Morgan fingerprint density at radius 3 is 2.67 bits per heavy atom. The predicted octanol–water partition coefficient (Wildman–Crippen LogP) is 2.93. The Hall–Kier alpha value is -1.07. The van der Waals surface area contributed by atoms with E-state index < -0.39 is 0 Å². The molecule has 0 aromatic carbocycles. The van der Waals surface area contributed by atoms with E-state index in [2.05, 4.69) is 16.6 Å². The van der Waals surface area contributed by atoms with Gasteiger partial charge in [-0.15, -0.1) is 11.6 Å². The van der Waals surface area contributed by atoms with Crippen LogP contribution in [0, 0.1) is 0 Å². The van der Waals surface area contributed by atoms with Gasteiger partial charge in [0.25, 0.3) is 0 Å². The van der Waals surface area contributed by atoms with E-state index in [1.165, 1.54) is 0 Å². The molecule has 0 aliphatic carbocycles. The lowest BCUT2D eigenvalue weighted by molar-refractivity contribution is 0.0727. The molecule has 2 rings (SSSR count). The maximum Gasteiger partial charge on any atom is 0.158 e. The van der Waals surface area contributed by atoms with Gasteiger partial charge in [0.05, 0.1) is 18.4 Å². The van der Waals surface area contributed by atoms with Gasteiger partial charge in [-0.3, -0.25) is 4.68 Å². The number of aryl methyl sites for hydroxylation is 3. The zero-order valence-corrected chi connectivity index (χ0v) is 14.2. The molecule has 0 N–H and O–H groups in total. The molecule has 0 aliphatic rings. The maximum atomic E-state index is 5.92. The number of hydrogen-bond acceptors (Lipinski definition) is 3. The fourth-order valence-corrected chi connectivity index (χ4v) is 2.75. The van der Waals surface area contributed by atoms with E-state index in [4.69, 9.17) is 21.3 Å². The van der Waals surface area contributed by atoms with Gasteiger partial charge in [0.15, 0.2) is 5.65 Å². The first-order chi connectivity index (χ1) is 10.1. The van der Waals surface area contributed by atoms with E-state index >= 15 is 0 Å². The number of ether oxygens (including phenoxy) is 1. The Morgan fingerprint density at radius 1 is 1.29 bits per heavy atom. The van der Waals surface area contributed by atoms with Gasteiger partial charge >= 0.3 is 0 Å². The maximum absolute atomic E-state index is 5.92. The molecule has 21 heavy (non-hydrogen) atoms. The van der Waals surface area contributed by atoms with Crippen LogP contribution in [0.1, 0.15) is 38.7 Å². The largest absolute Gasteiger partial charge is 0.377 e. The third-order valence-electron chi connectivity index (χ3n) is 3.44. The summed E-state index contributed by atoms with van der Waals surface area (Å²) in [4.78, 5) is 4.78. The Balaban J connectivity index is 2.36. The Morgan fingerprint density at radius 2 is 2.05 bits per heavy atom. The number of halogens is 1. The molecular formula is C15H25ClN4O. The second kappa shape index (κ2) is 7.27. The van der Waals surface area contributed by atoms with Crippen LogP contribution >= 0.6 is 11.6 Å². The lowest BCUT2D eigenvalue weighted by atomic mass is 10.2. The Kier molecular flexibility index (Phi) is 5.65. The molecule has 0 bridgehead atoms. The third kappa shape index (κ3) is 3.58. The Bertz CT molecular complexity index is 588. The molecule has 0 amide bonds. The molecule has 0 unspecified atom stereocenters. The molecule has 5 nitrogen and oxygen atoms in total. The van der Waals surface area contributed by atoms with Crippen molar-refractivity contribution in [1.29, 1.82) is 0 Å². The molecular weight excluding hydrogens is 288 g/mol. The van der Waals surface area contributed by atoms with Gasteiger partial charge in [0, 0.05) is 25.9 Å². The monoisotopic (exact) mass is 312 g/mol. The molecule has 0 aliphatic heterocycles. The van der Waals surface area contributed by atoms with Gasteiger partial charge < -0.3 is 9.30 Å². The van der Waals surface area contributed by atoms with E-state index in [1.807, 2.05) is 25.6 Å². The second-order valence-electron chi connectivity index (χ2n) is 5.53. The topological polar surface area (TPSA) is 44.9 Å². The van der Waals surface area contributed by atoms with Gasteiger partial charge in [0.2, 0.25) is 0 Å². The van der Waals surface area contributed by atoms with Crippen molar-refractivity contribution in [2.24, 2.45) is 7.05 Å². The summed E-state index contributed by atoms with van der Waals surface area (Å²) in [5.41, 5.74) is 3.17. The molecule has 0 saturated heterocycles. The summed E-state index contributed by atoms with van der Waals surface area (Å²) in [5, 5.41) is 4.60. The van der Waals surface area contributed by atoms with Crippen molar-refractivity contribution in [3.8, 4) is 0 Å². The zero-order valence-electron chi connectivity index (χ0n) is 13.4. The molecule has 2 heterocycles. The van der Waals surface area contributed by atoms with Crippen molar-refractivity contribution < 1.29 is 4.74 Å². The molecule has 0 atom stereocenters. The van der Waals surface area contributed by atoms with Crippen LogP contribution in [0.15, 0.2) is 0 Å². The summed E-state index contributed by atoms with van der Waals surface area (Å²) < 4.78 is 9.81. The van der Waals surface area contributed by atoms with E-state index in [0.717, 1.165) is 48.5 Å². The standard InChI is InChI=1S/C15H25ClN4O/c1-5-6-12-14-15(19(4)18-12)20(9-10-21-11(2)3)13(17-14)7-8-16/h11H,5-10H2,1-4H3. The van der Waals surface area contributed by atoms with E-state index in [0.29, 0.717) is 12.5 Å². The molecule has 0 saturated carbocycles. The van der Waals surface area contributed by atoms with Crippen molar-refractivity contribution in [2.75, 3.05) is 12.5 Å². The first-order valence-corrected chi connectivity index (χ1v) is 8.20. The summed E-state index contributed by atoms with van der Waals surface area (Å²) in [6.45, 7) is 7.71. The van der Waals surface area contributed by atoms with Gasteiger partial charge in [-0.1, -0.05) is 13.3 Å². The lowest BCUT2D eigenvalue weighted by Gasteiger charge is -2.11. The quantitative estimate of drug-likeness (QED) is 0.704. The average Bonchev–Trinajstić information content (AvgIpc) is 2.91. The molecule has 2 aromatic heterocycles. The van der Waals surface area contributed by atoms with Crippen LogP contribution in [0.3, 0.4) is 0 Å². The van der Waals surface area contributed by atoms with Crippen LogP contribution in [0.4, 0.5) is 0 Å². The average molecular weight is 313 g/mol. The summed E-state index contributed by atoms with van der Waals surface area (Å²) in [5.74, 6) is 1.60. The summed E-state index contributed by atoms with van der Waals surface area (Å²) >= 11 is 5.92. The van der Waals surface area contributed by atoms with Crippen LogP contribution < -0.4 is 0 Å². The minimum absolute atomic E-state index is 0.239.